The van der Waals surface area contributed by atoms with Crippen LogP contribution in [0.3, 0.4) is 0 Å². The third-order valence-corrected chi connectivity index (χ3v) is 7.67. The van der Waals surface area contributed by atoms with Crippen LogP contribution in [-0.2, 0) is 0 Å². The average molecular weight is 588 g/mol. The molecule has 0 radical (unpaired) electrons. The molecule has 7 rings (SSSR count). The summed E-state index contributed by atoms with van der Waals surface area (Å²) in [6.07, 6.45) is 2.95. The van der Waals surface area contributed by atoms with E-state index in [1.165, 1.54) is 36.7 Å². The van der Waals surface area contributed by atoms with Crippen LogP contribution in [0.4, 0.5) is 25.8 Å². The molecule has 3 nitrogen and oxygen atoms in total. The minimum Gasteiger partial charge on any atom is -0.309 e. The van der Waals surface area contributed by atoms with Gasteiger partial charge in [-0.2, -0.15) is 0 Å². The molecule has 0 atom stereocenters. The van der Waals surface area contributed by atoms with Crippen LogP contribution in [-0.4, -0.2) is 9.97 Å². The van der Waals surface area contributed by atoms with Gasteiger partial charge in [0.05, 0.1) is 17.1 Å². The van der Waals surface area contributed by atoms with Crippen LogP contribution >= 0.6 is 0 Å². The summed E-state index contributed by atoms with van der Waals surface area (Å²) in [7, 11) is 0. The Balaban J connectivity index is 1.52. The Hall–Kier alpha value is -5.94. The highest BCUT2D eigenvalue weighted by atomic mass is 19.1. The van der Waals surface area contributed by atoms with Gasteiger partial charge in [-0.25, -0.2) is 8.78 Å². The molecule has 0 amide bonds. The number of halogens is 2. The van der Waals surface area contributed by atoms with Crippen molar-refractivity contribution >= 4 is 17.1 Å². The van der Waals surface area contributed by atoms with E-state index in [9.17, 15) is 8.78 Å². The van der Waals surface area contributed by atoms with E-state index in [1.807, 2.05) is 84.9 Å². The molecule has 5 aromatic carbocycles. The Bertz CT molecular complexity index is 1950. The van der Waals surface area contributed by atoms with E-state index in [0.29, 0.717) is 11.4 Å². The number of rotatable bonds is 7. The van der Waals surface area contributed by atoms with E-state index in [2.05, 4.69) is 57.3 Å². The van der Waals surface area contributed by atoms with Crippen molar-refractivity contribution in [3.63, 3.8) is 0 Å². The Kier molecular flexibility index (Phi) is 7.65. The van der Waals surface area contributed by atoms with Gasteiger partial charge in [-0.05, 0) is 47.5 Å². The maximum atomic E-state index is 14.3. The molecular formula is C40H27F2N3. The van der Waals surface area contributed by atoms with Crippen molar-refractivity contribution in [2.24, 2.45) is 0 Å². The maximum Gasteiger partial charge on any atom is 0.126 e. The van der Waals surface area contributed by atoms with Crippen molar-refractivity contribution < 1.29 is 8.78 Å². The van der Waals surface area contributed by atoms with Crippen molar-refractivity contribution in [1.82, 2.24) is 9.97 Å². The van der Waals surface area contributed by atoms with E-state index in [4.69, 9.17) is 0 Å². The fourth-order valence-corrected chi connectivity index (χ4v) is 5.63. The first kappa shape index (κ1) is 27.9. The van der Waals surface area contributed by atoms with Gasteiger partial charge in [0, 0.05) is 58.2 Å². The molecule has 5 heteroatoms. The van der Waals surface area contributed by atoms with E-state index in [-0.39, 0.29) is 11.6 Å². The molecule has 2 heterocycles. The first-order valence-corrected chi connectivity index (χ1v) is 14.6. The first-order valence-electron chi connectivity index (χ1n) is 14.6. The van der Waals surface area contributed by atoms with Gasteiger partial charge in [0.2, 0.25) is 0 Å². The second-order valence-corrected chi connectivity index (χ2v) is 10.6. The van der Waals surface area contributed by atoms with Gasteiger partial charge in [-0.15, -0.1) is 0 Å². The van der Waals surface area contributed by atoms with Crippen LogP contribution in [0.15, 0.2) is 164 Å². The van der Waals surface area contributed by atoms with Crippen LogP contribution in [0, 0.1) is 11.6 Å². The SMILES string of the molecule is Fc1ccnc(-c2cccc(N(c3cccc(-c4cc(F)ccn4)c3)c3c(-c4ccccc4)cccc3-c3ccccc3)c2)c1. The van der Waals surface area contributed by atoms with Gasteiger partial charge >= 0.3 is 0 Å². The zero-order chi connectivity index (χ0) is 30.6. The van der Waals surface area contributed by atoms with E-state index >= 15 is 0 Å². The number of aromatic nitrogens is 2. The molecule has 0 aliphatic heterocycles. The van der Waals surface area contributed by atoms with Gasteiger partial charge in [0.25, 0.3) is 0 Å². The third kappa shape index (κ3) is 5.84. The van der Waals surface area contributed by atoms with Crippen molar-refractivity contribution in [1.29, 1.82) is 0 Å². The van der Waals surface area contributed by atoms with Gasteiger partial charge in [0.15, 0.2) is 0 Å². The molecule has 45 heavy (non-hydrogen) atoms. The minimum absolute atomic E-state index is 0.349. The second-order valence-electron chi connectivity index (χ2n) is 10.6. The molecule has 0 saturated heterocycles. The summed E-state index contributed by atoms with van der Waals surface area (Å²) in [6, 6.07) is 48.3. The van der Waals surface area contributed by atoms with Crippen LogP contribution in [0.2, 0.25) is 0 Å². The smallest absolute Gasteiger partial charge is 0.126 e. The Morgan fingerprint density at radius 1 is 0.400 bits per heavy atom. The summed E-state index contributed by atoms with van der Waals surface area (Å²) in [5, 5.41) is 0. The predicted octanol–water partition coefficient (Wildman–Crippen LogP) is 10.9. The topological polar surface area (TPSA) is 29.0 Å². The largest absolute Gasteiger partial charge is 0.309 e. The molecule has 0 aliphatic rings. The summed E-state index contributed by atoms with van der Waals surface area (Å²) in [5.41, 5.74) is 9.46. The average Bonchev–Trinajstić information content (AvgIpc) is 3.09. The molecular weight excluding hydrogens is 560 g/mol. The van der Waals surface area contributed by atoms with Crippen molar-refractivity contribution in [3.8, 4) is 44.8 Å². The highest BCUT2D eigenvalue weighted by molar-refractivity contribution is 5.98. The van der Waals surface area contributed by atoms with Crippen LogP contribution in [0.1, 0.15) is 0 Å². The Morgan fingerprint density at radius 3 is 1.27 bits per heavy atom. The Labute approximate surface area is 260 Å². The normalized spacial score (nSPS) is 10.9. The lowest BCUT2D eigenvalue weighted by Gasteiger charge is -2.31. The molecule has 0 fully saturated rings. The molecule has 7 aromatic rings. The standard InChI is InChI=1S/C40H27F2N3/c41-32-20-22-43-38(26-32)30-14-7-16-34(24-30)45(35-17-8-15-31(25-35)39-27-33(42)21-23-44-39)40-36(28-10-3-1-4-11-28)18-9-19-37(40)29-12-5-2-6-13-29/h1-27H. The summed E-state index contributed by atoms with van der Waals surface area (Å²) >= 11 is 0. The van der Waals surface area contributed by atoms with Crippen LogP contribution in [0.5, 0.6) is 0 Å². The number of hydrogen-bond donors (Lipinski definition) is 0. The second kappa shape index (κ2) is 12.3. The maximum absolute atomic E-state index is 14.3. The fraction of sp³-hybridized carbons (Fsp3) is 0. The number of anilines is 3. The lowest BCUT2D eigenvalue weighted by Crippen LogP contribution is -2.13. The molecule has 216 valence electrons. The summed E-state index contributed by atoms with van der Waals surface area (Å²) < 4.78 is 28.5. The molecule has 0 saturated carbocycles. The van der Waals surface area contributed by atoms with Crippen LogP contribution in [0.25, 0.3) is 44.8 Å². The van der Waals surface area contributed by atoms with Gasteiger partial charge in [0.1, 0.15) is 11.6 Å². The number of pyridine rings is 2. The number of nitrogens with zero attached hydrogens (tertiary/aromatic N) is 3. The number of benzene rings is 5. The molecule has 0 unspecified atom stereocenters. The first-order chi connectivity index (χ1) is 22.1. The van der Waals surface area contributed by atoms with Gasteiger partial charge in [-0.1, -0.05) is 103 Å². The Morgan fingerprint density at radius 2 is 0.822 bits per heavy atom. The summed E-state index contributed by atoms with van der Waals surface area (Å²) in [4.78, 5) is 11.1. The number of hydrogen-bond acceptors (Lipinski definition) is 3. The van der Waals surface area contributed by atoms with E-state index in [0.717, 1.165) is 50.4 Å². The molecule has 0 bridgehead atoms. The fourth-order valence-electron chi connectivity index (χ4n) is 5.63. The highest BCUT2D eigenvalue weighted by Crippen LogP contribution is 2.47. The van der Waals surface area contributed by atoms with Crippen molar-refractivity contribution in [2.75, 3.05) is 4.90 Å². The molecule has 0 N–H and O–H groups in total. The zero-order valence-electron chi connectivity index (χ0n) is 24.2. The number of para-hydroxylation sites is 1. The monoisotopic (exact) mass is 587 g/mol. The van der Waals surface area contributed by atoms with Crippen LogP contribution < -0.4 is 4.90 Å². The lowest BCUT2D eigenvalue weighted by molar-refractivity contribution is 0.626. The van der Waals surface area contributed by atoms with Gasteiger partial charge in [-0.3, -0.25) is 9.97 Å². The zero-order valence-corrected chi connectivity index (χ0v) is 24.2. The minimum atomic E-state index is -0.349. The van der Waals surface area contributed by atoms with E-state index in [1.54, 1.807) is 0 Å². The third-order valence-electron chi connectivity index (χ3n) is 7.67. The summed E-state index contributed by atoms with van der Waals surface area (Å²) in [6.45, 7) is 0. The summed E-state index contributed by atoms with van der Waals surface area (Å²) in [5.74, 6) is -0.698. The van der Waals surface area contributed by atoms with E-state index < -0.39 is 0 Å². The molecule has 0 aliphatic carbocycles. The molecule has 2 aromatic heterocycles. The lowest BCUT2D eigenvalue weighted by atomic mass is 9.94. The quantitative estimate of drug-likeness (QED) is 0.186. The molecule has 0 spiro atoms. The van der Waals surface area contributed by atoms with Crippen molar-refractivity contribution in [2.45, 2.75) is 0 Å². The van der Waals surface area contributed by atoms with Gasteiger partial charge < -0.3 is 4.90 Å². The highest BCUT2D eigenvalue weighted by Gasteiger charge is 2.23. The van der Waals surface area contributed by atoms with Crippen molar-refractivity contribution in [3.05, 3.63) is 176 Å². The predicted molar refractivity (Wildman–Crippen MR) is 178 cm³/mol.